The Labute approximate surface area is 171 Å². The molecule has 3 heteroatoms. The molecule has 0 amide bonds. The molecule has 0 saturated heterocycles. The topological polar surface area (TPSA) is 44.6 Å². The molecular formula is C26H24N2O. The third-order valence-electron chi connectivity index (χ3n) is 6.06. The number of para-hydroxylation sites is 1. The summed E-state index contributed by atoms with van der Waals surface area (Å²) in [5.74, 6) is 1.27. The maximum atomic E-state index is 9.88. The van der Waals surface area contributed by atoms with Crippen LogP contribution in [0.2, 0.25) is 0 Å². The highest BCUT2D eigenvalue weighted by Crippen LogP contribution is 2.50. The predicted octanol–water partition coefficient (Wildman–Crippen LogP) is 6.28. The van der Waals surface area contributed by atoms with Gasteiger partial charge in [0.15, 0.2) is 0 Å². The molecule has 1 aliphatic carbocycles. The van der Waals surface area contributed by atoms with E-state index in [0.717, 1.165) is 17.7 Å². The van der Waals surface area contributed by atoms with E-state index in [4.69, 9.17) is 0 Å². The number of hydrogen-bond donors (Lipinski definition) is 2. The van der Waals surface area contributed by atoms with Crippen molar-refractivity contribution in [2.75, 3.05) is 5.32 Å². The minimum absolute atomic E-state index is 0.243. The fourth-order valence-corrected chi connectivity index (χ4v) is 4.55. The van der Waals surface area contributed by atoms with Gasteiger partial charge in [-0.1, -0.05) is 54.1 Å². The number of benzene rings is 3. The largest absolute Gasteiger partial charge is 0.507 e. The van der Waals surface area contributed by atoms with Crippen LogP contribution in [0.5, 0.6) is 5.75 Å². The van der Waals surface area contributed by atoms with Crippen LogP contribution in [0, 0.1) is 12.8 Å². The van der Waals surface area contributed by atoms with Gasteiger partial charge in [-0.3, -0.25) is 4.99 Å². The first-order valence-electron chi connectivity index (χ1n) is 10.1. The lowest BCUT2D eigenvalue weighted by atomic mass is 9.76. The molecular weight excluding hydrogens is 356 g/mol. The fraction of sp³-hybridized carbons (Fsp3) is 0.192. The minimum atomic E-state index is 0.243. The Morgan fingerprint density at radius 1 is 1.03 bits per heavy atom. The van der Waals surface area contributed by atoms with Crippen molar-refractivity contribution in [1.82, 2.24) is 0 Å². The highest BCUT2D eigenvalue weighted by molar-refractivity contribution is 5.85. The van der Waals surface area contributed by atoms with E-state index >= 15 is 0 Å². The highest BCUT2D eigenvalue weighted by atomic mass is 16.3. The molecule has 5 rings (SSSR count). The average molecular weight is 380 g/mol. The van der Waals surface area contributed by atoms with Crippen molar-refractivity contribution in [3.63, 3.8) is 0 Å². The summed E-state index contributed by atoms with van der Waals surface area (Å²) in [7, 11) is 0. The second-order valence-corrected chi connectivity index (χ2v) is 7.97. The van der Waals surface area contributed by atoms with Crippen LogP contribution in [-0.2, 0) is 0 Å². The number of nitrogens with zero attached hydrogens (tertiary/aromatic N) is 1. The van der Waals surface area contributed by atoms with E-state index in [-0.39, 0.29) is 5.75 Å². The molecule has 0 radical (unpaired) electrons. The second kappa shape index (κ2) is 7.25. The van der Waals surface area contributed by atoms with Crippen LogP contribution >= 0.6 is 0 Å². The Balaban J connectivity index is 1.40. The van der Waals surface area contributed by atoms with E-state index in [0.29, 0.717) is 17.9 Å². The SMILES string of the molecule is Cc1ccc2c(c1)C1C=CCC1C(c1ccc(N=Cc3ccccc3O)cc1)N2. The Morgan fingerprint density at radius 2 is 1.86 bits per heavy atom. The van der Waals surface area contributed by atoms with Gasteiger partial charge in [-0.2, -0.15) is 0 Å². The van der Waals surface area contributed by atoms with Gasteiger partial charge in [-0.25, -0.2) is 0 Å². The van der Waals surface area contributed by atoms with Gasteiger partial charge in [0.1, 0.15) is 5.75 Å². The molecule has 0 fully saturated rings. The zero-order chi connectivity index (χ0) is 19.8. The molecule has 3 atom stereocenters. The van der Waals surface area contributed by atoms with Crippen molar-refractivity contribution in [3.05, 3.63) is 101 Å². The number of aromatic hydroxyl groups is 1. The van der Waals surface area contributed by atoms with Crippen LogP contribution < -0.4 is 5.32 Å². The van der Waals surface area contributed by atoms with E-state index in [9.17, 15) is 5.11 Å². The molecule has 0 aromatic heterocycles. The smallest absolute Gasteiger partial charge is 0.124 e. The summed E-state index contributed by atoms with van der Waals surface area (Å²) < 4.78 is 0. The van der Waals surface area contributed by atoms with Crippen LogP contribution in [0.3, 0.4) is 0 Å². The van der Waals surface area contributed by atoms with Gasteiger partial charge < -0.3 is 10.4 Å². The first-order valence-corrected chi connectivity index (χ1v) is 10.1. The highest BCUT2D eigenvalue weighted by Gasteiger charge is 2.37. The molecule has 0 saturated carbocycles. The van der Waals surface area contributed by atoms with Crippen molar-refractivity contribution in [3.8, 4) is 5.75 Å². The lowest BCUT2D eigenvalue weighted by Gasteiger charge is -2.37. The molecule has 3 aromatic rings. The summed E-state index contributed by atoms with van der Waals surface area (Å²) in [4.78, 5) is 4.52. The molecule has 2 aliphatic rings. The van der Waals surface area contributed by atoms with Gasteiger partial charge in [0.2, 0.25) is 0 Å². The van der Waals surface area contributed by atoms with Gasteiger partial charge >= 0.3 is 0 Å². The van der Waals surface area contributed by atoms with Crippen LogP contribution in [-0.4, -0.2) is 11.3 Å². The monoisotopic (exact) mass is 380 g/mol. The van der Waals surface area contributed by atoms with E-state index in [2.05, 4.69) is 71.8 Å². The first kappa shape index (κ1) is 17.7. The number of anilines is 1. The van der Waals surface area contributed by atoms with Crippen LogP contribution in [0.25, 0.3) is 0 Å². The summed E-state index contributed by atoms with van der Waals surface area (Å²) in [5.41, 5.74) is 6.87. The molecule has 1 heterocycles. The van der Waals surface area contributed by atoms with Crippen LogP contribution in [0.15, 0.2) is 83.9 Å². The third kappa shape index (κ3) is 3.33. The average Bonchev–Trinajstić information content (AvgIpc) is 3.23. The Hall–Kier alpha value is -3.33. The van der Waals surface area contributed by atoms with Gasteiger partial charge in [-0.05, 0) is 60.7 Å². The van der Waals surface area contributed by atoms with Gasteiger partial charge in [0.05, 0.1) is 11.7 Å². The van der Waals surface area contributed by atoms with Crippen LogP contribution in [0.4, 0.5) is 11.4 Å². The lowest BCUT2D eigenvalue weighted by molar-refractivity contribution is 0.425. The summed E-state index contributed by atoms with van der Waals surface area (Å²) in [6.45, 7) is 2.16. The minimum Gasteiger partial charge on any atom is -0.507 e. The number of phenols is 1. The van der Waals surface area contributed by atoms with Crippen molar-refractivity contribution in [2.45, 2.75) is 25.3 Å². The number of allylic oxidation sites excluding steroid dienone is 2. The lowest BCUT2D eigenvalue weighted by Crippen LogP contribution is -2.29. The van der Waals surface area contributed by atoms with E-state index < -0.39 is 0 Å². The molecule has 3 aromatic carbocycles. The van der Waals surface area contributed by atoms with Crippen molar-refractivity contribution in [2.24, 2.45) is 10.9 Å². The Bertz CT molecular complexity index is 1100. The number of aliphatic imine (C=N–C) groups is 1. The number of fused-ring (bicyclic) bond motifs is 3. The maximum absolute atomic E-state index is 9.88. The molecule has 3 nitrogen and oxygen atoms in total. The molecule has 0 bridgehead atoms. The normalized spacial score (nSPS) is 22.3. The van der Waals surface area contributed by atoms with E-state index in [1.807, 2.05) is 18.2 Å². The zero-order valence-corrected chi connectivity index (χ0v) is 16.4. The molecule has 144 valence electrons. The van der Waals surface area contributed by atoms with Crippen molar-refractivity contribution >= 4 is 17.6 Å². The summed E-state index contributed by atoms with van der Waals surface area (Å²) in [6.07, 6.45) is 7.51. The summed E-state index contributed by atoms with van der Waals surface area (Å²) in [6, 6.07) is 22.7. The van der Waals surface area contributed by atoms with E-state index in [1.54, 1.807) is 12.3 Å². The molecule has 0 spiro atoms. The zero-order valence-electron chi connectivity index (χ0n) is 16.4. The van der Waals surface area contributed by atoms with Gasteiger partial charge in [-0.15, -0.1) is 0 Å². The van der Waals surface area contributed by atoms with Crippen LogP contribution in [0.1, 0.15) is 40.6 Å². The predicted molar refractivity (Wildman–Crippen MR) is 119 cm³/mol. The number of rotatable bonds is 3. The number of nitrogens with one attached hydrogen (secondary N) is 1. The number of aryl methyl sites for hydroxylation is 1. The van der Waals surface area contributed by atoms with Crippen molar-refractivity contribution < 1.29 is 5.11 Å². The maximum Gasteiger partial charge on any atom is 0.124 e. The van der Waals surface area contributed by atoms with Crippen molar-refractivity contribution in [1.29, 1.82) is 0 Å². The molecule has 29 heavy (non-hydrogen) atoms. The fourth-order valence-electron chi connectivity index (χ4n) is 4.55. The summed E-state index contributed by atoms with van der Waals surface area (Å²) in [5, 5.41) is 13.7. The van der Waals surface area contributed by atoms with Gasteiger partial charge in [0, 0.05) is 23.4 Å². The molecule has 1 aliphatic heterocycles. The molecule has 3 unspecified atom stereocenters. The number of hydrogen-bond acceptors (Lipinski definition) is 3. The summed E-state index contributed by atoms with van der Waals surface area (Å²) >= 11 is 0. The standard InChI is InChI=1S/C26H24N2O/c1-17-9-14-24-23(15-17)21-6-4-7-22(21)26(28-24)18-10-12-20(13-11-18)27-16-19-5-2-3-8-25(19)29/h2-6,8-16,21-22,26,28-29H,7H2,1H3. The van der Waals surface area contributed by atoms with E-state index in [1.165, 1.54) is 22.4 Å². The van der Waals surface area contributed by atoms with Gasteiger partial charge in [0.25, 0.3) is 0 Å². The third-order valence-corrected chi connectivity index (χ3v) is 6.06. The quantitative estimate of drug-likeness (QED) is 0.415. The molecule has 2 N–H and O–H groups in total. The Kier molecular flexibility index (Phi) is 4.44. The Morgan fingerprint density at radius 3 is 2.69 bits per heavy atom. The second-order valence-electron chi connectivity index (χ2n) is 7.97. The first-order chi connectivity index (χ1) is 14.2. The number of phenolic OH excluding ortho intramolecular Hbond substituents is 1.